The summed E-state index contributed by atoms with van der Waals surface area (Å²) in [4.78, 5) is 30.1. The first-order valence-electron chi connectivity index (χ1n) is 9.90. The SMILES string of the molecule is O=C(N[C@@H](Cc1ccccc1)C(=O)N[C@H]1CCOC1O)c1cnc2ccccc2c1. The number of benzene rings is 2. The number of rotatable bonds is 6. The minimum Gasteiger partial charge on any atom is -0.366 e. The molecule has 1 unspecified atom stereocenters. The van der Waals surface area contributed by atoms with Gasteiger partial charge in [-0.1, -0.05) is 48.5 Å². The number of carbonyl (C=O) groups excluding carboxylic acids is 2. The molecule has 3 aromatic rings. The third-order valence-electron chi connectivity index (χ3n) is 5.15. The number of aromatic nitrogens is 1. The summed E-state index contributed by atoms with van der Waals surface area (Å²) in [6.07, 6.45) is 1.31. The van der Waals surface area contributed by atoms with Crippen molar-refractivity contribution in [2.45, 2.75) is 31.2 Å². The molecule has 7 nitrogen and oxygen atoms in total. The first kappa shape index (κ1) is 20.0. The van der Waals surface area contributed by atoms with Crippen molar-refractivity contribution in [1.29, 1.82) is 0 Å². The fourth-order valence-electron chi connectivity index (χ4n) is 3.50. The summed E-state index contributed by atoms with van der Waals surface area (Å²) in [5, 5.41) is 16.3. The zero-order chi connectivity index (χ0) is 20.9. The number of pyridine rings is 1. The number of nitrogens with zero attached hydrogens (tertiary/aromatic N) is 1. The largest absolute Gasteiger partial charge is 0.366 e. The van der Waals surface area contributed by atoms with Crippen LogP contribution in [0, 0.1) is 0 Å². The Morgan fingerprint density at radius 3 is 2.67 bits per heavy atom. The number of hydrogen-bond donors (Lipinski definition) is 3. The normalized spacial score (nSPS) is 19.4. The summed E-state index contributed by atoms with van der Waals surface area (Å²) in [5.74, 6) is -0.747. The van der Waals surface area contributed by atoms with E-state index in [0.29, 0.717) is 25.0 Å². The van der Waals surface area contributed by atoms with E-state index in [-0.39, 0.29) is 11.8 Å². The Bertz CT molecular complexity index is 1040. The molecule has 1 aromatic heterocycles. The Labute approximate surface area is 174 Å². The standard InChI is InChI=1S/C23H23N3O4/c27-21(17-13-16-8-4-5-9-18(16)24-14-17)26-20(12-15-6-2-1-3-7-15)22(28)25-19-10-11-30-23(19)29/h1-9,13-14,19-20,23,29H,10-12H2,(H,25,28)(H,26,27)/t19-,20-,23?/m0/s1. The van der Waals surface area contributed by atoms with Crippen molar-refractivity contribution in [3.8, 4) is 0 Å². The number of para-hydroxylation sites is 1. The van der Waals surface area contributed by atoms with Crippen LogP contribution in [-0.4, -0.2) is 46.9 Å². The molecule has 1 aliphatic rings. The van der Waals surface area contributed by atoms with Crippen LogP contribution in [0.1, 0.15) is 22.3 Å². The fourth-order valence-corrected chi connectivity index (χ4v) is 3.50. The smallest absolute Gasteiger partial charge is 0.253 e. The Morgan fingerprint density at radius 2 is 1.90 bits per heavy atom. The van der Waals surface area contributed by atoms with Gasteiger partial charge in [0, 0.05) is 18.0 Å². The Morgan fingerprint density at radius 1 is 1.13 bits per heavy atom. The van der Waals surface area contributed by atoms with Gasteiger partial charge in [-0.05, 0) is 24.1 Å². The molecule has 0 radical (unpaired) electrons. The number of ether oxygens (including phenoxy) is 1. The van der Waals surface area contributed by atoms with Crippen LogP contribution < -0.4 is 10.6 Å². The highest BCUT2D eigenvalue weighted by Gasteiger charge is 2.31. The summed E-state index contributed by atoms with van der Waals surface area (Å²) < 4.78 is 5.10. The number of carbonyl (C=O) groups is 2. The molecule has 2 aromatic carbocycles. The van der Waals surface area contributed by atoms with Crippen LogP contribution in [0.2, 0.25) is 0 Å². The Hall–Kier alpha value is -3.29. The highest BCUT2D eigenvalue weighted by atomic mass is 16.6. The van der Waals surface area contributed by atoms with Crippen LogP contribution in [-0.2, 0) is 16.0 Å². The van der Waals surface area contributed by atoms with Crippen LogP contribution in [0.15, 0.2) is 66.9 Å². The van der Waals surface area contributed by atoms with E-state index >= 15 is 0 Å². The molecular formula is C23H23N3O4. The van der Waals surface area contributed by atoms with Gasteiger partial charge >= 0.3 is 0 Å². The molecule has 1 saturated heterocycles. The van der Waals surface area contributed by atoms with Gasteiger partial charge in [0.25, 0.3) is 5.91 Å². The highest BCUT2D eigenvalue weighted by molar-refractivity contribution is 5.99. The molecule has 0 aliphatic carbocycles. The number of aliphatic hydroxyl groups excluding tert-OH is 1. The topological polar surface area (TPSA) is 101 Å². The van der Waals surface area contributed by atoms with Crippen molar-refractivity contribution in [3.05, 3.63) is 78.0 Å². The van der Waals surface area contributed by atoms with Gasteiger partial charge in [-0.25, -0.2) is 0 Å². The minimum absolute atomic E-state index is 0.323. The maximum absolute atomic E-state index is 12.9. The van der Waals surface area contributed by atoms with Crippen molar-refractivity contribution in [2.75, 3.05) is 6.61 Å². The van der Waals surface area contributed by atoms with Crippen molar-refractivity contribution in [2.24, 2.45) is 0 Å². The van der Waals surface area contributed by atoms with E-state index in [1.807, 2.05) is 54.6 Å². The van der Waals surface area contributed by atoms with Gasteiger partial charge in [0.1, 0.15) is 6.04 Å². The number of amides is 2. The monoisotopic (exact) mass is 405 g/mol. The summed E-state index contributed by atoms with van der Waals surface area (Å²) in [5.41, 5.74) is 2.09. The van der Waals surface area contributed by atoms with E-state index in [9.17, 15) is 14.7 Å². The first-order chi connectivity index (χ1) is 14.6. The molecule has 0 bridgehead atoms. The van der Waals surface area contributed by atoms with Crippen LogP contribution in [0.4, 0.5) is 0 Å². The molecule has 3 N–H and O–H groups in total. The number of hydrogen-bond acceptors (Lipinski definition) is 5. The van der Waals surface area contributed by atoms with Crippen LogP contribution in [0.3, 0.4) is 0 Å². The molecule has 0 spiro atoms. The van der Waals surface area contributed by atoms with Crippen molar-refractivity contribution >= 4 is 22.7 Å². The molecule has 30 heavy (non-hydrogen) atoms. The average Bonchev–Trinajstić information content (AvgIpc) is 3.17. The van der Waals surface area contributed by atoms with Crippen molar-refractivity contribution in [1.82, 2.24) is 15.6 Å². The molecule has 3 atom stereocenters. The van der Waals surface area contributed by atoms with E-state index in [1.54, 1.807) is 6.07 Å². The number of fused-ring (bicyclic) bond motifs is 1. The van der Waals surface area contributed by atoms with E-state index < -0.39 is 18.4 Å². The number of nitrogens with one attached hydrogen (secondary N) is 2. The van der Waals surface area contributed by atoms with Gasteiger partial charge < -0.3 is 20.5 Å². The third-order valence-corrected chi connectivity index (χ3v) is 5.15. The van der Waals surface area contributed by atoms with Gasteiger partial charge in [0.2, 0.25) is 5.91 Å². The molecule has 2 heterocycles. The zero-order valence-corrected chi connectivity index (χ0v) is 16.3. The molecule has 1 fully saturated rings. The van der Waals surface area contributed by atoms with Crippen molar-refractivity contribution < 1.29 is 19.4 Å². The second-order valence-electron chi connectivity index (χ2n) is 7.30. The molecule has 154 valence electrons. The molecule has 2 amide bonds. The first-order valence-corrected chi connectivity index (χ1v) is 9.90. The van der Waals surface area contributed by atoms with Gasteiger partial charge in [-0.15, -0.1) is 0 Å². The van der Waals surface area contributed by atoms with E-state index in [0.717, 1.165) is 16.5 Å². The molecule has 0 saturated carbocycles. The summed E-state index contributed by atoms with van der Waals surface area (Å²) >= 11 is 0. The maximum Gasteiger partial charge on any atom is 0.253 e. The summed E-state index contributed by atoms with van der Waals surface area (Å²) in [7, 11) is 0. The van der Waals surface area contributed by atoms with E-state index in [4.69, 9.17) is 4.74 Å². The second kappa shape index (κ2) is 9.02. The van der Waals surface area contributed by atoms with E-state index in [1.165, 1.54) is 6.20 Å². The lowest BCUT2D eigenvalue weighted by molar-refractivity contribution is -0.127. The predicted octanol–water partition coefficient (Wildman–Crippen LogP) is 1.80. The summed E-state index contributed by atoms with van der Waals surface area (Å²) in [6, 6.07) is 17.4. The molecule has 1 aliphatic heterocycles. The molecule has 7 heteroatoms. The Balaban J connectivity index is 1.52. The fraction of sp³-hybridized carbons (Fsp3) is 0.261. The molecular weight excluding hydrogens is 382 g/mol. The maximum atomic E-state index is 12.9. The Kier molecular flexibility index (Phi) is 6.02. The predicted molar refractivity (Wildman–Crippen MR) is 112 cm³/mol. The number of aliphatic hydroxyl groups is 1. The molecule has 4 rings (SSSR count). The summed E-state index contributed by atoms with van der Waals surface area (Å²) in [6.45, 7) is 0.380. The lowest BCUT2D eigenvalue weighted by Crippen LogP contribution is -2.52. The highest BCUT2D eigenvalue weighted by Crippen LogP contribution is 2.14. The van der Waals surface area contributed by atoms with E-state index in [2.05, 4.69) is 15.6 Å². The lowest BCUT2D eigenvalue weighted by atomic mass is 10.0. The second-order valence-corrected chi connectivity index (χ2v) is 7.30. The minimum atomic E-state index is -1.04. The van der Waals surface area contributed by atoms with Crippen LogP contribution in [0.5, 0.6) is 0 Å². The quantitative estimate of drug-likeness (QED) is 0.581. The van der Waals surface area contributed by atoms with Gasteiger partial charge in [0.15, 0.2) is 6.29 Å². The zero-order valence-electron chi connectivity index (χ0n) is 16.3. The van der Waals surface area contributed by atoms with Gasteiger partial charge in [-0.2, -0.15) is 0 Å². The van der Waals surface area contributed by atoms with Crippen molar-refractivity contribution in [3.63, 3.8) is 0 Å². The van der Waals surface area contributed by atoms with Gasteiger partial charge in [0.05, 0.1) is 23.7 Å². The lowest BCUT2D eigenvalue weighted by Gasteiger charge is -2.22. The van der Waals surface area contributed by atoms with Crippen LogP contribution in [0.25, 0.3) is 10.9 Å². The van der Waals surface area contributed by atoms with Crippen LogP contribution >= 0.6 is 0 Å². The average molecular weight is 405 g/mol. The third kappa shape index (κ3) is 4.64. The van der Waals surface area contributed by atoms with Gasteiger partial charge in [-0.3, -0.25) is 14.6 Å².